The summed E-state index contributed by atoms with van der Waals surface area (Å²) in [5.74, 6) is 0. The third kappa shape index (κ3) is 4.14. The van der Waals surface area contributed by atoms with Gasteiger partial charge >= 0.3 is 0 Å². The predicted molar refractivity (Wildman–Crippen MR) is 73.2 cm³/mol. The van der Waals surface area contributed by atoms with E-state index in [0.717, 1.165) is 13.1 Å². The Labute approximate surface area is 105 Å². The minimum Gasteiger partial charge on any atom is -0.313 e. The molecule has 2 heteroatoms. The third-order valence-electron chi connectivity index (χ3n) is 3.60. The van der Waals surface area contributed by atoms with Crippen molar-refractivity contribution in [1.29, 1.82) is 0 Å². The summed E-state index contributed by atoms with van der Waals surface area (Å²) < 4.78 is 0. The summed E-state index contributed by atoms with van der Waals surface area (Å²) in [4.78, 5) is 2.58. The maximum Gasteiger partial charge on any atom is 0.0208 e. The molecule has 1 N–H and O–H groups in total. The molecule has 94 valence electrons. The zero-order chi connectivity index (χ0) is 11.9. The van der Waals surface area contributed by atoms with Crippen LogP contribution < -0.4 is 5.32 Å². The highest BCUT2D eigenvalue weighted by Gasteiger charge is 2.09. The first kappa shape index (κ1) is 12.6. The van der Waals surface area contributed by atoms with Gasteiger partial charge in [0.1, 0.15) is 0 Å². The van der Waals surface area contributed by atoms with Crippen LogP contribution in [0.2, 0.25) is 0 Å². The summed E-state index contributed by atoms with van der Waals surface area (Å²) in [7, 11) is 0. The van der Waals surface area contributed by atoms with E-state index >= 15 is 0 Å². The number of rotatable bonds is 6. The molecule has 0 amide bonds. The summed E-state index contributed by atoms with van der Waals surface area (Å²) in [6.07, 6.45) is 4.07. The van der Waals surface area contributed by atoms with Crippen molar-refractivity contribution in [3.05, 3.63) is 35.4 Å². The van der Waals surface area contributed by atoms with E-state index in [9.17, 15) is 0 Å². The fourth-order valence-electron chi connectivity index (χ4n) is 2.47. The van der Waals surface area contributed by atoms with Crippen molar-refractivity contribution in [1.82, 2.24) is 10.2 Å². The number of benzene rings is 1. The first-order valence-electron chi connectivity index (χ1n) is 6.84. The molecule has 1 aliphatic rings. The Bertz CT molecular complexity index is 329. The molecule has 2 rings (SSSR count). The molecular weight excluding hydrogens is 208 g/mol. The zero-order valence-electron chi connectivity index (χ0n) is 10.9. The summed E-state index contributed by atoms with van der Waals surface area (Å²) in [6, 6.07) is 8.62. The highest BCUT2D eigenvalue weighted by Crippen LogP contribution is 2.08. The summed E-state index contributed by atoms with van der Waals surface area (Å²) >= 11 is 0. The minimum atomic E-state index is 1.01. The van der Waals surface area contributed by atoms with Crippen LogP contribution in [0.3, 0.4) is 0 Å². The van der Waals surface area contributed by atoms with Gasteiger partial charge in [-0.05, 0) is 63.5 Å². The molecule has 0 spiro atoms. The second-order valence-electron chi connectivity index (χ2n) is 5.01. The Morgan fingerprint density at radius 3 is 2.71 bits per heavy atom. The molecule has 1 saturated heterocycles. The molecule has 0 aromatic heterocycles. The number of hydrogen-bond acceptors (Lipinski definition) is 2. The van der Waals surface area contributed by atoms with Gasteiger partial charge in [0.05, 0.1) is 0 Å². The van der Waals surface area contributed by atoms with E-state index in [2.05, 4.69) is 41.4 Å². The molecule has 0 saturated carbocycles. The number of aryl methyl sites for hydroxylation is 1. The minimum absolute atomic E-state index is 1.01. The molecular formula is C15H24N2. The van der Waals surface area contributed by atoms with Crippen molar-refractivity contribution in [2.45, 2.75) is 32.7 Å². The fraction of sp³-hybridized carbons (Fsp3) is 0.600. The molecule has 0 radical (unpaired) electrons. The SMILES string of the molecule is Cc1ccccc1CNCCCN1CCCC1. The first-order valence-corrected chi connectivity index (χ1v) is 6.84. The van der Waals surface area contributed by atoms with Crippen molar-refractivity contribution >= 4 is 0 Å². The van der Waals surface area contributed by atoms with Gasteiger partial charge in [-0.15, -0.1) is 0 Å². The van der Waals surface area contributed by atoms with Crippen molar-refractivity contribution in [3.8, 4) is 0 Å². The Kier molecular flexibility index (Phi) is 5.02. The van der Waals surface area contributed by atoms with E-state index in [4.69, 9.17) is 0 Å². The average molecular weight is 232 g/mol. The molecule has 1 aromatic carbocycles. The van der Waals surface area contributed by atoms with Crippen LogP contribution in [0.4, 0.5) is 0 Å². The predicted octanol–water partition coefficient (Wildman–Crippen LogP) is 2.57. The van der Waals surface area contributed by atoms with Crippen LogP contribution in [-0.4, -0.2) is 31.1 Å². The Hall–Kier alpha value is -0.860. The second-order valence-corrected chi connectivity index (χ2v) is 5.01. The lowest BCUT2D eigenvalue weighted by Gasteiger charge is -2.14. The molecule has 2 nitrogen and oxygen atoms in total. The van der Waals surface area contributed by atoms with E-state index in [1.54, 1.807) is 0 Å². The second kappa shape index (κ2) is 6.77. The summed E-state index contributed by atoms with van der Waals surface area (Å²) in [5, 5.41) is 3.54. The number of nitrogens with zero attached hydrogens (tertiary/aromatic N) is 1. The van der Waals surface area contributed by atoms with E-state index in [1.165, 1.54) is 50.0 Å². The molecule has 0 aliphatic carbocycles. The molecule has 1 fully saturated rings. The van der Waals surface area contributed by atoms with Gasteiger partial charge in [0.25, 0.3) is 0 Å². The molecule has 1 heterocycles. The molecule has 0 atom stereocenters. The van der Waals surface area contributed by atoms with E-state index in [1.807, 2.05) is 0 Å². The van der Waals surface area contributed by atoms with Gasteiger partial charge in [-0.3, -0.25) is 0 Å². The fourth-order valence-corrected chi connectivity index (χ4v) is 2.47. The van der Waals surface area contributed by atoms with Gasteiger partial charge in [-0.25, -0.2) is 0 Å². The van der Waals surface area contributed by atoms with Crippen molar-refractivity contribution in [2.75, 3.05) is 26.2 Å². The van der Waals surface area contributed by atoms with Crippen LogP contribution in [0.15, 0.2) is 24.3 Å². The molecule has 0 bridgehead atoms. The standard InChI is InChI=1S/C15H24N2/c1-14-7-2-3-8-15(14)13-16-9-6-12-17-10-4-5-11-17/h2-3,7-8,16H,4-6,9-13H2,1H3. The number of hydrogen-bond donors (Lipinski definition) is 1. The van der Waals surface area contributed by atoms with Gasteiger partial charge in [-0.1, -0.05) is 24.3 Å². The van der Waals surface area contributed by atoms with Gasteiger partial charge in [0.2, 0.25) is 0 Å². The van der Waals surface area contributed by atoms with Crippen LogP contribution in [0.1, 0.15) is 30.4 Å². The van der Waals surface area contributed by atoms with Crippen LogP contribution in [0, 0.1) is 6.92 Å². The number of likely N-dealkylation sites (tertiary alicyclic amines) is 1. The Balaban J connectivity index is 1.58. The molecule has 1 aromatic rings. The van der Waals surface area contributed by atoms with Crippen LogP contribution >= 0.6 is 0 Å². The lowest BCUT2D eigenvalue weighted by atomic mass is 10.1. The summed E-state index contributed by atoms with van der Waals surface area (Å²) in [6.45, 7) is 8.22. The molecule has 17 heavy (non-hydrogen) atoms. The maximum absolute atomic E-state index is 3.54. The first-order chi connectivity index (χ1) is 8.36. The highest BCUT2D eigenvalue weighted by molar-refractivity contribution is 5.25. The van der Waals surface area contributed by atoms with E-state index < -0.39 is 0 Å². The molecule has 0 unspecified atom stereocenters. The van der Waals surface area contributed by atoms with Gasteiger partial charge < -0.3 is 10.2 Å². The van der Waals surface area contributed by atoms with Crippen LogP contribution in [0.5, 0.6) is 0 Å². The van der Waals surface area contributed by atoms with Crippen LogP contribution in [-0.2, 0) is 6.54 Å². The van der Waals surface area contributed by atoms with E-state index in [0.29, 0.717) is 0 Å². The maximum atomic E-state index is 3.54. The van der Waals surface area contributed by atoms with Crippen LogP contribution in [0.25, 0.3) is 0 Å². The Morgan fingerprint density at radius 1 is 1.18 bits per heavy atom. The average Bonchev–Trinajstić information content (AvgIpc) is 2.84. The quantitative estimate of drug-likeness (QED) is 0.758. The lowest BCUT2D eigenvalue weighted by Crippen LogP contribution is -2.24. The third-order valence-corrected chi connectivity index (χ3v) is 3.60. The zero-order valence-corrected chi connectivity index (χ0v) is 10.9. The molecule has 1 aliphatic heterocycles. The van der Waals surface area contributed by atoms with E-state index in [-0.39, 0.29) is 0 Å². The Morgan fingerprint density at radius 2 is 1.94 bits per heavy atom. The van der Waals surface area contributed by atoms with Crippen molar-refractivity contribution in [2.24, 2.45) is 0 Å². The van der Waals surface area contributed by atoms with Gasteiger partial charge in [0, 0.05) is 6.54 Å². The topological polar surface area (TPSA) is 15.3 Å². The normalized spacial score (nSPS) is 16.5. The van der Waals surface area contributed by atoms with Gasteiger partial charge in [-0.2, -0.15) is 0 Å². The number of nitrogens with one attached hydrogen (secondary N) is 1. The lowest BCUT2D eigenvalue weighted by molar-refractivity contribution is 0.331. The largest absolute Gasteiger partial charge is 0.313 e. The highest BCUT2D eigenvalue weighted by atomic mass is 15.1. The van der Waals surface area contributed by atoms with Gasteiger partial charge in [0.15, 0.2) is 0 Å². The monoisotopic (exact) mass is 232 g/mol. The summed E-state index contributed by atoms with van der Waals surface area (Å²) in [5.41, 5.74) is 2.81. The van der Waals surface area contributed by atoms with Crippen molar-refractivity contribution < 1.29 is 0 Å². The van der Waals surface area contributed by atoms with Crippen molar-refractivity contribution in [3.63, 3.8) is 0 Å². The smallest absolute Gasteiger partial charge is 0.0208 e.